The van der Waals surface area contributed by atoms with Gasteiger partial charge < -0.3 is 20.3 Å². The highest BCUT2D eigenvalue weighted by atomic mass is 16.5. The molecule has 0 spiro atoms. The third-order valence-corrected chi connectivity index (χ3v) is 17.0. The molecule has 468 valence electrons. The van der Waals surface area contributed by atoms with Crippen molar-refractivity contribution in [2.24, 2.45) is 0 Å². The zero-order chi connectivity index (χ0) is 57.1. The van der Waals surface area contributed by atoms with Gasteiger partial charge in [-0.3, -0.25) is 9.59 Å². The van der Waals surface area contributed by atoms with Crippen LogP contribution in [0.2, 0.25) is 0 Å². The first kappa shape index (κ1) is 77.3. The Morgan fingerprint density at radius 2 is 0.595 bits per heavy atom. The molecule has 0 fully saturated rings. The molecule has 0 saturated carbocycles. The van der Waals surface area contributed by atoms with Crippen molar-refractivity contribution in [2.45, 2.75) is 418 Å². The molecule has 0 aromatic heterocycles. The Balaban J connectivity index is 3.39. The number of hydrogen-bond donors (Lipinski definition) is 3. The van der Waals surface area contributed by atoms with Crippen LogP contribution >= 0.6 is 0 Å². The molecular weight excluding hydrogens is 971 g/mol. The van der Waals surface area contributed by atoms with Gasteiger partial charge in [0.2, 0.25) is 5.91 Å². The molecule has 0 rings (SSSR count). The van der Waals surface area contributed by atoms with Gasteiger partial charge in [0.1, 0.15) is 0 Å². The van der Waals surface area contributed by atoms with Crippen LogP contribution in [0.4, 0.5) is 0 Å². The molecule has 0 heterocycles. The predicted molar refractivity (Wildman–Crippen MR) is 347 cm³/mol. The number of unbranched alkanes of at least 4 members (excludes halogenated alkanes) is 53. The number of nitrogens with one attached hydrogen (secondary N) is 1. The summed E-state index contributed by atoms with van der Waals surface area (Å²) in [5.41, 5.74) is 0. The van der Waals surface area contributed by atoms with Gasteiger partial charge in [0.25, 0.3) is 0 Å². The minimum Gasteiger partial charge on any atom is -0.466 e. The van der Waals surface area contributed by atoms with Crippen molar-refractivity contribution >= 4 is 11.9 Å². The fraction of sp³-hybridized carbons (Fsp3) is 0.918. The van der Waals surface area contributed by atoms with Crippen LogP contribution in [0.15, 0.2) is 24.3 Å². The molecule has 1 amide bonds. The average Bonchev–Trinajstić information content (AvgIpc) is 3.45. The number of aliphatic hydroxyl groups is 2. The molecule has 6 nitrogen and oxygen atoms in total. The van der Waals surface area contributed by atoms with E-state index in [-0.39, 0.29) is 18.5 Å². The second-order valence-corrected chi connectivity index (χ2v) is 24.9. The fourth-order valence-electron chi connectivity index (χ4n) is 11.5. The van der Waals surface area contributed by atoms with Gasteiger partial charge in [-0.15, -0.1) is 0 Å². The van der Waals surface area contributed by atoms with E-state index in [1.807, 2.05) is 0 Å². The summed E-state index contributed by atoms with van der Waals surface area (Å²) in [5, 5.41) is 23.4. The van der Waals surface area contributed by atoms with E-state index in [1.165, 1.54) is 327 Å². The van der Waals surface area contributed by atoms with E-state index in [0.717, 1.165) is 44.9 Å². The quantitative estimate of drug-likeness (QED) is 0.0320. The van der Waals surface area contributed by atoms with E-state index < -0.39 is 12.1 Å². The van der Waals surface area contributed by atoms with E-state index in [1.54, 1.807) is 0 Å². The summed E-state index contributed by atoms with van der Waals surface area (Å²) in [5.74, 6) is -0.0247. The van der Waals surface area contributed by atoms with E-state index in [9.17, 15) is 19.8 Å². The largest absolute Gasteiger partial charge is 0.466 e. The maximum absolute atomic E-state index is 12.5. The number of amides is 1. The molecule has 6 heteroatoms. The number of hydrogen-bond acceptors (Lipinski definition) is 5. The summed E-state index contributed by atoms with van der Waals surface area (Å²) in [6.07, 6.45) is 86.5. The van der Waals surface area contributed by atoms with Crippen molar-refractivity contribution in [2.75, 3.05) is 13.2 Å². The lowest BCUT2D eigenvalue weighted by Gasteiger charge is -2.22. The molecule has 0 aromatic carbocycles. The lowest BCUT2D eigenvalue weighted by Crippen LogP contribution is -2.45. The molecule has 0 saturated heterocycles. The first-order chi connectivity index (χ1) is 39.0. The zero-order valence-corrected chi connectivity index (χ0v) is 53.6. The molecule has 79 heavy (non-hydrogen) atoms. The Hall–Kier alpha value is -1.66. The highest BCUT2D eigenvalue weighted by molar-refractivity contribution is 5.76. The molecular formula is C73H141NO5. The number of rotatable bonds is 68. The van der Waals surface area contributed by atoms with Crippen LogP contribution in [0.3, 0.4) is 0 Å². The van der Waals surface area contributed by atoms with Crippen molar-refractivity contribution in [3.8, 4) is 0 Å². The SMILES string of the molecule is CCCCCCCCC/C=C\CCCCCCCCCC(=O)OCCCCCCCCCCCCCC/C=C\CCCCCCCCCCC(=O)NC(CO)C(O)CCCCCCCCCCCCCCCCCCCCCC. The predicted octanol–water partition coefficient (Wildman–Crippen LogP) is 23.3. The Morgan fingerprint density at radius 1 is 0.342 bits per heavy atom. The summed E-state index contributed by atoms with van der Waals surface area (Å²) < 4.78 is 5.50. The fourth-order valence-corrected chi connectivity index (χ4v) is 11.5. The van der Waals surface area contributed by atoms with Crippen LogP contribution < -0.4 is 5.32 Å². The number of esters is 1. The Bertz CT molecular complexity index is 1230. The molecule has 0 aliphatic carbocycles. The standard InChI is InChI=1S/C73H141NO5/c1-3-5-7-9-11-13-15-17-19-21-23-30-33-37-41-45-49-53-57-61-65-71(76)70(69-75)74-72(77)66-62-58-54-50-46-42-38-34-31-28-26-24-25-27-29-32-36-40-44-48-52-56-60-64-68-79-73(78)67-63-59-55-51-47-43-39-35-22-20-18-16-14-12-10-8-6-4-2/h20,22,26,28,70-71,75-76H,3-19,21,23-25,27,29-69H2,1-2H3,(H,74,77)/b22-20-,28-26-. The van der Waals surface area contributed by atoms with Gasteiger partial charge in [0.05, 0.1) is 25.4 Å². The summed E-state index contributed by atoms with van der Waals surface area (Å²) in [4.78, 5) is 24.6. The molecule has 3 N–H and O–H groups in total. The van der Waals surface area contributed by atoms with Gasteiger partial charge in [-0.2, -0.15) is 0 Å². The molecule has 0 aliphatic rings. The Labute approximate surface area is 494 Å². The van der Waals surface area contributed by atoms with Gasteiger partial charge in [-0.05, 0) is 77.0 Å². The van der Waals surface area contributed by atoms with Crippen LogP contribution in [0, 0.1) is 0 Å². The topological polar surface area (TPSA) is 95.9 Å². The molecule has 0 bridgehead atoms. The second kappa shape index (κ2) is 68.8. The summed E-state index contributed by atoms with van der Waals surface area (Å²) in [7, 11) is 0. The van der Waals surface area contributed by atoms with Crippen molar-refractivity contribution in [1.29, 1.82) is 0 Å². The van der Waals surface area contributed by atoms with E-state index in [4.69, 9.17) is 4.74 Å². The van der Waals surface area contributed by atoms with E-state index in [2.05, 4.69) is 43.5 Å². The zero-order valence-electron chi connectivity index (χ0n) is 53.6. The normalized spacial score (nSPS) is 12.6. The van der Waals surface area contributed by atoms with Crippen molar-refractivity contribution in [3.63, 3.8) is 0 Å². The average molecular weight is 1110 g/mol. The first-order valence-electron chi connectivity index (χ1n) is 36.1. The lowest BCUT2D eigenvalue weighted by molar-refractivity contribution is -0.143. The van der Waals surface area contributed by atoms with Gasteiger partial charge in [0.15, 0.2) is 0 Å². The first-order valence-corrected chi connectivity index (χ1v) is 36.1. The maximum atomic E-state index is 12.5. The highest BCUT2D eigenvalue weighted by Gasteiger charge is 2.20. The Kier molecular flexibility index (Phi) is 67.4. The molecule has 2 unspecified atom stereocenters. The van der Waals surface area contributed by atoms with Crippen molar-refractivity contribution < 1.29 is 24.5 Å². The molecule has 0 radical (unpaired) electrons. The van der Waals surface area contributed by atoms with Gasteiger partial charge in [-0.1, -0.05) is 340 Å². The summed E-state index contributed by atoms with van der Waals surface area (Å²) >= 11 is 0. The van der Waals surface area contributed by atoms with Crippen LogP contribution in [-0.4, -0.2) is 47.4 Å². The van der Waals surface area contributed by atoms with Crippen LogP contribution in [-0.2, 0) is 14.3 Å². The van der Waals surface area contributed by atoms with Gasteiger partial charge >= 0.3 is 5.97 Å². The van der Waals surface area contributed by atoms with Crippen LogP contribution in [0.1, 0.15) is 406 Å². The summed E-state index contributed by atoms with van der Waals surface area (Å²) in [6, 6.07) is -0.546. The maximum Gasteiger partial charge on any atom is 0.305 e. The van der Waals surface area contributed by atoms with Crippen LogP contribution in [0.25, 0.3) is 0 Å². The number of aliphatic hydroxyl groups excluding tert-OH is 2. The molecule has 0 aromatic rings. The second-order valence-electron chi connectivity index (χ2n) is 24.9. The van der Waals surface area contributed by atoms with Gasteiger partial charge in [-0.25, -0.2) is 0 Å². The lowest BCUT2D eigenvalue weighted by atomic mass is 10.0. The highest BCUT2D eigenvalue weighted by Crippen LogP contribution is 2.19. The smallest absolute Gasteiger partial charge is 0.305 e. The van der Waals surface area contributed by atoms with Crippen LogP contribution in [0.5, 0.6) is 0 Å². The number of carbonyl (C=O) groups excluding carboxylic acids is 2. The third kappa shape index (κ3) is 65.4. The van der Waals surface area contributed by atoms with Crippen molar-refractivity contribution in [3.05, 3.63) is 24.3 Å². The third-order valence-electron chi connectivity index (χ3n) is 17.0. The van der Waals surface area contributed by atoms with E-state index in [0.29, 0.717) is 25.9 Å². The number of carbonyl (C=O) groups is 2. The number of allylic oxidation sites excluding steroid dienone is 4. The minimum atomic E-state index is -0.668. The van der Waals surface area contributed by atoms with Crippen molar-refractivity contribution in [1.82, 2.24) is 5.32 Å². The monoisotopic (exact) mass is 1110 g/mol. The van der Waals surface area contributed by atoms with E-state index >= 15 is 0 Å². The Morgan fingerprint density at radius 3 is 0.899 bits per heavy atom. The molecule has 2 atom stereocenters. The van der Waals surface area contributed by atoms with Gasteiger partial charge in [0, 0.05) is 12.8 Å². The number of ether oxygens (including phenoxy) is 1. The summed E-state index contributed by atoms with van der Waals surface area (Å²) in [6.45, 7) is 4.99. The molecule has 0 aliphatic heterocycles. The minimum absolute atomic E-state index is 0.0106.